The number of aryl methyl sites for hydroxylation is 3. The highest BCUT2D eigenvalue weighted by atomic mass is 16.5. The zero-order chi connectivity index (χ0) is 24.5. The van der Waals surface area contributed by atoms with Gasteiger partial charge in [-0.1, -0.05) is 35.0 Å². The van der Waals surface area contributed by atoms with Crippen LogP contribution in [0.4, 0.5) is 5.82 Å². The second-order valence-corrected chi connectivity index (χ2v) is 8.50. The van der Waals surface area contributed by atoms with Crippen LogP contribution in [0.2, 0.25) is 0 Å². The summed E-state index contributed by atoms with van der Waals surface area (Å²) < 4.78 is 12.5. The van der Waals surface area contributed by atoms with Crippen LogP contribution in [-0.2, 0) is 6.54 Å². The molecule has 0 saturated heterocycles. The number of rotatable bonds is 6. The third-order valence-corrected chi connectivity index (χ3v) is 5.84. The predicted molar refractivity (Wildman–Crippen MR) is 134 cm³/mol. The fraction of sp³-hybridized carbons (Fsp3) is 0.185. The van der Waals surface area contributed by atoms with Crippen molar-refractivity contribution in [3.63, 3.8) is 0 Å². The van der Waals surface area contributed by atoms with E-state index >= 15 is 0 Å². The summed E-state index contributed by atoms with van der Waals surface area (Å²) >= 11 is 0. The minimum Gasteiger partial charge on any atom is -0.497 e. The molecule has 0 bridgehead atoms. The summed E-state index contributed by atoms with van der Waals surface area (Å²) in [5.74, 6) is 1.06. The molecule has 5 rings (SSSR count). The molecule has 2 aromatic carbocycles. The van der Waals surface area contributed by atoms with Gasteiger partial charge in [-0.3, -0.25) is 4.79 Å². The summed E-state index contributed by atoms with van der Waals surface area (Å²) in [6.45, 7) is 6.29. The lowest BCUT2D eigenvalue weighted by Crippen LogP contribution is -2.17. The minimum absolute atomic E-state index is 0.288. The van der Waals surface area contributed by atoms with Crippen molar-refractivity contribution in [2.24, 2.45) is 0 Å². The van der Waals surface area contributed by atoms with Gasteiger partial charge in [-0.15, -0.1) is 0 Å². The minimum atomic E-state index is -0.288. The molecule has 0 fully saturated rings. The molecule has 0 saturated carbocycles. The average Bonchev–Trinajstić information content (AvgIpc) is 3.41. The predicted octanol–water partition coefficient (Wildman–Crippen LogP) is 5.32. The normalized spacial score (nSPS) is 11.1. The Bertz CT molecular complexity index is 1520. The van der Waals surface area contributed by atoms with Crippen molar-refractivity contribution in [2.45, 2.75) is 27.3 Å². The van der Waals surface area contributed by atoms with Crippen molar-refractivity contribution in [2.75, 3.05) is 12.4 Å². The van der Waals surface area contributed by atoms with E-state index in [4.69, 9.17) is 9.26 Å². The van der Waals surface area contributed by atoms with Gasteiger partial charge in [-0.05, 0) is 56.7 Å². The molecular formula is C27H25N5O3. The molecule has 0 radical (unpaired) electrons. The van der Waals surface area contributed by atoms with Crippen LogP contribution in [-0.4, -0.2) is 32.9 Å². The van der Waals surface area contributed by atoms with Crippen molar-refractivity contribution in [1.82, 2.24) is 19.9 Å². The number of benzene rings is 2. The molecule has 3 aromatic heterocycles. The van der Waals surface area contributed by atoms with E-state index in [-0.39, 0.29) is 5.91 Å². The van der Waals surface area contributed by atoms with Gasteiger partial charge in [0.2, 0.25) is 0 Å². The smallest absolute Gasteiger partial charge is 0.259 e. The standard InChI is InChI=1S/C27H25N5O3/c1-16-5-7-19(8-6-16)15-32-24(13-17(2)30-32)29-26(33)22-14-23(20-9-11-21(34-4)12-10-20)28-27-25(22)18(3)31-35-27/h5-14H,15H2,1-4H3,(H,29,33). The fourth-order valence-electron chi connectivity index (χ4n) is 4.00. The molecule has 0 unspecified atom stereocenters. The molecule has 1 amide bonds. The first kappa shape index (κ1) is 22.3. The third-order valence-electron chi connectivity index (χ3n) is 5.84. The van der Waals surface area contributed by atoms with E-state index < -0.39 is 0 Å². The van der Waals surface area contributed by atoms with Gasteiger partial charge in [0.15, 0.2) is 0 Å². The SMILES string of the molecule is COc1ccc(-c2cc(C(=O)Nc3cc(C)nn3Cc3ccc(C)cc3)c3c(C)noc3n2)cc1. The van der Waals surface area contributed by atoms with E-state index in [1.807, 2.05) is 37.3 Å². The van der Waals surface area contributed by atoms with E-state index in [9.17, 15) is 4.79 Å². The van der Waals surface area contributed by atoms with Crippen LogP contribution in [0.1, 0.15) is 32.9 Å². The Morgan fingerprint density at radius 3 is 2.49 bits per heavy atom. The Kier molecular flexibility index (Phi) is 5.78. The van der Waals surface area contributed by atoms with E-state index in [1.54, 1.807) is 24.8 Å². The number of pyridine rings is 1. The molecule has 8 nitrogen and oxygen atoms in total. The third kappa shape index (κ3) is 4.50. The van der Waals surface area contributed by atoms with Gasteiger partial charge in [0.05, 0.1) is 41.7 Å². The maximum atomic E-state index is 13.6. The second-order valence-electron chi connectivity index (χ2n) is 8.50. The highest BCUT2D eigenvalue weighted by Gasteiger charge is 2.21. The first-order valence-corrected chi connectivity index (χ1v) is 11.2. The zero-order valence-corrected chi connectivity index (χ0v) is 20.0. The Balaban J connectivity index is 1.50. The van der Waals surface area contributed by atoms with E-state index in [0.717, 1.165) is 22.6 Å². The maximum Gasteiger partial charge on any atom is 0.259 e. The molecule has 0 spiro atoms. The average molecular weight is 468 g/mol. The molecule has 5 aromatic rings. The number of ether oxygens (including phenoxy) is 1. The highest BCUT2D eigenvalue weighted by molar-refractivity contribution is 6.12. The van der Waals surface area contributed by atoms with Crippen LogP contribution in [0, 0.1) is 20.8 Å². The maximum absolute atomic E-state index is 13.6. The molecule has 0 aliphatic rings. The van der Waals surface area contributed by atoms with Crippen molar-refractivity contribution >= 4 is 22.8 Å². The molecule has 3 heterocycles. The number of nitrogens with one attached hydrogen (secondary N) is 1. The molecule has 0 atom stereocenters. The van der Waals surface area contributed by atoms with Crippen LogP contribution < -0.4 is 10.1 Å². The highest BCUT2D eigenvalue weighted by Crippen LogP contribution is 2.29. The number of amides is 1. The van der Waals surface area contributed by atoms with Crippen molar-refractivity contribution in [1.29, 1.82) is 0 Å². The molecule has 1 N–H and O–H groups in total. The van der Waals surface area contributed by atoms with Crippen molar-refractivity contribution < 1.29 is 14.1 Å². The fourth-order valence-corrected chi connectivity index (χ4v) is 4.00. The first-order chi connectivity index (χ1) is 16.9. The van der Waals surface area contributed by atoms with Crippen LogP contribution in [0.25, 0.3) is 22.4 Å². The Hall–Kier alpha value is -4.46. The Morgan fingerprint density at radius 2 is 1.77 bits per heavy atom. The van der Waals surface area contributed by atoms with Crippen LogP contribution in [0.15, 0.2) is 65.2 Å². The summed E-state index contributed by atoms with van der Waals surface area (Å²) in [6.07, 6.45) is 0. The molecule has 0 aliphatic heterocycles. The quantitative estimate of drug-likeness (QED) is 0.363. The number of nitrogens with zero attached hydrogens (tertiary/aromatic N) is 4. The lowest BCUT2D eigenvalue weighted by molar-refractivity contribution is 0.102. The molecule has 35 heavy (non-hydrogen) atoms. The number of hydrogen-bond donors (Lipinski definition) is 1. The summed E-state index contributed by atoms with van der Waals surface area (Å²) in [7, 11) is 1.62. The summed E-state index contributed by atoms with van der Waals surface area (Å²) in [4.78, 5) is 18.1. The van der Waals surface area contributed by atoms with Gasteiger partial charge in [-0.2, -0.15) is 5.10 Å². The van der Waals surface area contributed by atoms with Gasteiger partial charge < -0.3 is 14.6 Å². The van der Waals surface area contributed by atoms with Gasteiger partial charge in [0.1, 0.15) is 11.6 Å². The number of aromatic nitrogens is 4. The van der Waals surface area contributed by atoms with Crippen LogP contribution >= 0.6 is 0 Å². The number of hydrogen-bond acceptors (Lipinski definition) is 6. The topological polar surface area (TPSA) is 95.1 Å². The number of fused-ring (bicyclic) bond motifs is 1. The summed E-state index contributed by atoms with van der Waals surface area (Å²) in [5.41, 5.74) is 5.87. The van der Waals surface area contributed by atoms with Crippen molar-refractivity contribution in [3.8, 4) is 17.0 Å². The van der Waals surface area contributed by atoms with Crippen molar-refractivity contribution in [3.05, 3.63) is 88.7 Å². The first-order valence-electron chi connectivity index (χ1n) is 11.2. The van der Waals surface area contributed by atoms with Crippen LogP contribution in [0.5, 0.6) is 5.75 Å². The number of carbonyl (C=O) groups is 1. The number of anilines is 1. The second kappa shape index (κ2) is 9.06. The van der Waals surface area contributed by atoms with E-state index in [1.165, 1.54) is 5.56 Å². The van der Waals surface area contributed by atoms with Gasteiger partial charge in [0, 0.05) is 11.6 Å². The van der Waals surface area contributed by atoms with Gasteiger partial charge in [0.25, 0.3) is 11.6 Å². The number of methoxy groups -OCH3 is 1. The Morgan fingerprint density at radius 1 is 1.03 bits per heavy atom. The molecule has 8 heteroatoms. The monoisotopic (exact) mass is 467 g/mol. The van der Waals surface area contributed by atoms with Gasteiger partial charge in [-0.25, -0.2) is 9.67 Å². The molecule has 176 valence electrons. The van der Waals surface area contributed by atoms with E-state index in [2.05, 4.69) is 51.7 Å². The lowest BCUT2D eigenvalue weighted by Gasteiger charge is -2.11. The molecular weight excluding hydrogens is 442 g/mol. The van der Waals surface area contributed by atoms with Crippen LogP contribution in [0.3, 0.4) is 0 Å². The lowest BCUT2D eigenvalue weighted by atomic mass is 10.0. The Labute approximate surface area is 202 Å². The zero-order valence-electron chi connectivity index (χ0n) is 20.0. The summed E-state index contributed by atoms with van der Waals surface area (Å²) in [5, 5.41) is 12.2. The van der Waals surface area contributed by atoms with Gasteiger partial charge >= 0.3 is 0 Å². The molecule has 0 aliphatic carbocycles. The van der Waals surface area contributed by atoms with E-state index in [0.29, 0.717) is 40.4 Å². The number of carbonyl (C=O) groups excluding carboxylic acids is 1. The largest absolute Gasteiger partial charge is 0.497 e. The summed E-state index contributed by atoms with van der Waals surface area (Å²) in [6, 6.07) is 19.3.